The topological polar surface area (TPSA) is 52.6 Å². The third-order valence-electron chi connectivity index (χ3n) is 2.89. The summed E-state index contributed by atoms with van der Waals surface area (Å²) in [6.45, 7) is 15.8. The molecule has 0 aliphatic heterocycles. The fourth-order valence-electron chi connectivity index (χ4n) is 1.80. The van der Waals surface area contributed by atoms with Gasteiger partial charge in [-0.05, 0) is 17.3 Å². The Morgan fingerprint density at radius 1 is 1.05 bits per heavy atom. The SMILES string of the molecule is C=CC(=O)OCCOC(=O)C(CC(C)(C)C)C(C)(C)C. The van der Waals surface area contributed by atoms with Gasteiger partial charge >= 0.3 is 11.9 Å². The zero-order valence-electron chi connectivity index (χ0n) is 13.6. The van der Waals surface area contributed by atoms with Gasteiger partial charge < -0.3 is 9.47 Å². The highest BCUT2D eigenvalue weighted by molar-refractivity contribution is 5.81. The first-order valence-corrected chi connectivity index (χ1v) is 6.93. The number of rotatable bonds is 6. The first kappa shape index (κ1) is 18.7. The van der Waals surface area contributed by atoms with Crippen molar-refractivity contribution in [2.75, 3.05) is 13.2 Å². The largest absolute Gasteiger partial charge is 0.462 e. The van der Waals surface area contributed by atoms with Gasteiger partial charge in [0, 0.05) is 6.08 Å². The molecule has 20 heavy (non-hydrogen) atoms. The Hall–Kier alpha value is -1.32. The van der Waals surface area contributed by atoms with Gasteiger partial charge in [0.15, 0.2) is 0 Å². The molecule has 0 saturated carbocycles. The lowest BCUT2D eigenvalue weighted by Crippen LogP contribution is -2.34. The third kappa shape index (κ3) is 7.97. The van der Waals surface area contributed by atoms with Gasteiger partial charge in [0.05, 0.1) is 5.92 Å². The van der Waals surface area contributed by atoms with Crippen molar-refractivity contribution < 1.29 is 19.1 Å². The van der Waals surface area contributed by atoms with E-state index in [9.17, 15) is 9.59 Å². The van der Waals surface area contributed by atoms with Crippen molar-refractivity contribution in [3.8, 4) is 0 Å². The molecule has 0 amide bonds. The van der Waals surface area contributed by atoms with Gasteiger partial charge in [0.25, 0.3) is 0 Å². The molecule has 1 atom stereocenters. The predicted octanol–water partition coefficient (Wildman–Crippen LogP) is 3.36. The molecule has 0 radical (unpaired) electrons. The summed E-state index contributed by atoms with van der Waals surface area (Å²) in [7, 11) is 0. The van der Waals surface area contributed by atoms with Crippen LogP contribution in [-0.2, 0) is 19.1 Å². The summed E-state index contributed by atoms with van der Waals surface area (Å²) in [6, 6.07) is 0. The second-order valence-corrected chi connectivity index (χ2v) is 7.22. The second kappa shape index (κ2) is 7.46. The Morgan fingerprint density at radius 3 is 1.95 bits per heavy atom. The molecule has 0 aliphatic rings. The van der Waals surface area contributed by atoms with Crippen LogP contribution < -0.4 is 0 Å². The molecule has 0 aromatic rings. The van der Waals surface area contributed by atoms with Crippen LogP contribution >= 0.6 is 0 Å². The lowest BCUT2D eigenvalue weighted by atomic mass is 9.72. The van der Waals surface area contributed by atoms with Crippen molar-refractivity contribution in [1.82, 2.24) is 0 Å². The zero-order valence-corrected chi connectivity index (χ0v) is 13.6. The zero-order chi connectivity index (χ0) is 16.0. The number of ether oxygens (including phenoxy) is 2. The fraction of sp³-hybridized carbons (Fsp3) is 0.750. The molecule has 0 rings (SSSR count). The molecule has 0 bridgehead atoms. The molecular formula is C16H28O4. The number of hydrogen-bond acceptors (Lipinski definition) is 4. The maximum absolute atomic E-state index is 12.2. The highest BCUT2D eigenvalue weighted by atomic mass is 16.6. The average molecular weight is 284 g/mol. The van der Waals surface area contributed by atoms with E-state index in [1.165, 1.54) is 0 Å². The van der Waals surface area contributed by atoms with Crippen molar-refractivity contribution in [2.45, 2.75) is 48.0 Å². The molecule has 0 N–H and O–H groups in total. The summed E-state index contributed by atoms with van der Waals surface area (Å²) in [5.74, 6) is -0.928. The lowest BCUT2D eigenvalue weighted by molar-refractivity contribution is -0.157. The van der Waals surface area contributed by atoms with Gasteiger partial charge in [-0.3, -0.25) is 4.79 Å². The van der Waals surface area contributed by atoms with E-state index in [2.05, 4.69) is 27.4 Å². The van der Waals surface area contributed by atoms with Gasteiger partial charge in [-0.2, -0.15) is 0 Å². The molecular weight excluding hydrogens is 256 g/mol. The van der Waals surface area contributed by atoms with Crippen molar-refractivity contribution in [2.24, 2.45) is 16.7 Å². The van der Waals surface area contributed by atoms with Crippen LogP contribution in [-0.4, -0.2) is 25.2 Å². The summed E-state index contributed by atoms with van der Waals surface area (Å²) in [5.41, 5.74) is -0.117. The molecule has 116 valence electrons. The Bertz CT molecular complexity index is 344. The fourth-order valence-corrected chi connectivity index (χ4v) is 1.80. The molecule has 0 heterocycles. The van der Waals surface area contributed by atoms with Crippen molar-refractivity contribution >= 4 is 11.9 Å². The van der Waals surface area contributed by atoms with Gasteiger partial charge in [-0.1, -0.05) is 48.1 Å². The normalized spacial score (nSPS) is 13.5. The Kier molecular flexibility index (Phi) is 6.97. The van der Waals surface area contributed by atoms with Crippen molar-refractivity contribution in [1.29, 1.82) is 0 Å². The molecule has 0 saturated heterocycles. The van der Waals surface area contributed by atoms with Crippen LogP contribution in [0.3, 0.4) is 0 Å². The molecule has 1 unspecified atom stereocenters. The lowest BCUT2D eigenvalue weighted by Gasteiger charge is -2.33. The monoisotopic (exact) mass is 284 g/mol. The first-order chi connectivity index (χ1) is 8.97. The van der Waals surface area contributed by atoms with Crippen molar-refractivity contribution in [3.63, 3.8) is 0 Å². The van der Waals surface area contributed by atoms with Crippen LogP contribution in [0.15, 0.2) is 12.7 Å². The van der Waals surface area contributed by atoms with E-state index >= 15 is 0 Å². The maximum Gasteiger partial charge on any atom is 0.330 e. The highest BCUT2D eigenvalue weighted by Gasteiger charge is 2.35. The van der Waals surface area contributed by atoms with Crippen molar-refractivity contribution in [3.05, 3.63) is 12.7 Å². The predicted molar refractivity (Wildman–Crippen MR) is 79.1 cm³/mol. The quantitative estimate of drug-likeness (QED) is 0.426. The number of esters is 2. The Balaban J connectivity index is 4.43. The highest BCUT2D eigenvalue weighted by Crippen LogP contribution is 2.36. The van der Waals surface area contributed by atoms with Crippen LogP contribution in [0.2, 0.25) is 0 Å². The second-order valence-electron chi connectivity index (χ2n) is 7.22. The number of carbonyl (C=O) groups is 2. The van der Waals surface area contributed by atoms with Gasteiger partial charge in [0.1, 0.15) is 13.2 Å². The van der Waals surface area contributed by atoms with Crippen LogP contribution in [0, 0.1) is 16.7 Å². The number of hydrogen-bond donors (Lipinski definition) is 0. The van der Waals surface area contributed by atoms with Gasteiger partial charge in [0.2, 0.25) is 0 Å². The minimum Gasteiger partial charge on any atom is -0.462 e. The average Bonchev–Trinajstić information content (AvgIpc) is 2.28. The van der Waals surface area contributed by atoms with Crippen LogP contribution in [0.5, 0.6) is 0 Å². The van der Waals surface area contributed by atoms with Gasteiger partial charge in [-0.15, -0.1) is 0 Å². The smallest absolute Gasteiger partial charge is 0.330 e. The molecule has 0 aliphatic carbocycles. The first-order valence-electron chi connectivity index (χ1n) is 6.93. The molecule has 0 aromatic carbocycles. The van der Waals surface area contributed by atoms with E-state index in [1.54, 1.807) is 0 Å². The summed E-state index contributed by atoms with van der Waals surface area (Å²) < 4.78 is 9.99. The van der Waals surface area contributed by atoms with Gasteiger partial charge in [-0.25, -0.2) is 4.79 Å². The Labute approximate surface area is 122 Å². The summed E-state index contributed by atoms with van der Waals surface area (Å²) in [5, 5.41) is 0. The summed E-state index contributed by atoms with van der Waals surface area (Å²) >= 11 is 0. The third-order valence-corrected chi connectivity index (χ3v) is 2.89. The van der Waals surface area contributed by atoms with Crippen LogP contribution in [0.25, 0.3) is 0 Å². The Morgan fingerprint density at radius 2 is 1.55 bits per heavy atom. The minimum absolute atomic E-state index is 0.0479. The molecule has 0 aromatic heterocycles. The van der Waals surface area contributed by atoms with E-state index in [0.29, 0.717) is 0 Å². The summed E-state index contributed by atoms with van der Waals surface area (Å²) in [4.78, 5) is 23.1. The van der Waals surface area contributed by atoms with E-state index in [0.717, 1.165) is 12.5 Å². The molecule has 4 heteroatoms. The molecule has 0 spiro atoms. The minimum atomic E-state index is -0.511. The van der Waals surface area contributed by atoms with E-state index in [1.807, 2.05) is 20.8 Å². The number of carbonyl (C=O) groups excluding carboxylic acids is 2. The van der Waals surface area contributed by atoms with E-state index in [-0.39, 0.29) is 35.9 Å². The standard InChI is InChI=1S/C16H28O4/c1-8-13(17)19-9-10-20-14(18)12(16(5,6)7)11-15(2,3)4/h8,12H,1,9-11H2,2-7H3. The van der Waals surface area contributed by atoms with Crippen LogP contribution in [0.1, 0.15) is 48.0 Å². The molecule has 0 fully saturated rings. The summed E-state index contributed by atoms with van der Waals surface area (Å²) in [6.07, 6.45) is 1.83. The maximum atomic E-state index is 12.2. The van der Waals surface area contributed by atoms with E-state index < -0.39 is 5.97 Å². The van der Waals surface area contributed by atoms with Crippen LogP contribution in [0.4, 0.5) is 0 Å². The van der Waals surface area contributed by atoms with E-state index in [4.69, 9.17) is 9.47 Å². The molecule has 4 nitrogen and oxygen atoms in total.